The molecule has 4 nitrogen and oxygen atoms in total. The van der Waals surface area contributed by atoms with Gasteiger partial charge in [0.25, 0.3) is 0 Å². The van der Waals surface area contributed by atoms with Crippen molar-refractivity contribution in [3.05, 3.63) is 18.2 Å². The van der Waals surface area contributed by atoms with Crippen LogP contribution < -0.4 is 5.32 Å². The quantitative estimate of drug-likeness (QED) is 0.565. The largest absolute Gasteiger partial charge is 0.388 e. The molecule has 1 aromatic rings. The number of aromatic nitrogens is 2. The number of hydrogen-bond acceptors (Lipinski definition) is 3. The lowest BCUT2D eigenvalue weighted by Gasteiger charge is -2.19. The van der Waals surface area contributed by atoms with Crippen molar-refractivity contribution in [3.63, 3.8) is 0 Å². The normalized spacial score (nSPS) is 29.4. The zero-order valence-electron chi connectivity index (χ0n) is 6.88. The molecule has 1 aliphatic heterocycles. The topological polar surface area (TPSA) is 60.9 Å². The molecule has 1 atom stereocenters. The van der Waals surface area contributed by atoms with E-state index in [9.17, 15) is 5.11 Å². The third-order valence-electron chi connectivity index (χ3n) is 2.27. The van der Waals surface area contributed by atoms with E-state index in [1.807, 2.05) is 0 Å². The molecule has 12 heavy (non-hydrogen) atoms. The van der Waals surface area contributed by atoms with Gasteiger partial charge < -0.3 is 15.4 Å². The van der Waals surface area contributed by atoms with Crippen LogP contribution in [-0.4, -0.2) is 33.8 Å². The van der Waals surface area contributed by atoms with E-state index in [1.165, 1.54) is 0 Å². The average molecular weight is 167 g/mol. The van der Waals surface area contributed by atoms with Gasteiger partial charge in [-0.25, -0.2) is 4.98 Å². The summed E-state index contributed by atoms with van der Waals surface area (Å²) >= 11 is 0. The van der Waals surface area contributed by atoms with Gasteiger partial charge in [0, 0.05) is 25.4 Å². The van der Waals surface area contributed by atoms with E-state index in [4.69, 9.17) is 0 Å². The van der Waals surface area contributed by atoms with Crippen LogP contribution in [0.15, 0.2) is 12.4 Å². The highest BCUT2D eigenvalue weighted by molar-refractivity contribution is 4.99. The lowest BCUT2D eigenvalue weighted by molar-refractivity contribution is 0.0600. The van der Waals surface area contributed by atoms with Crippen molar-refractivity contribution >= 4 is 0 Å². The molecule has 4 heteroatoms. The highest BCUT2D eigenvalue weighted by atomic mass is 16.3. The molecule has 3 N–H and O–H groups in total. The van der Waals surface area contributed by atoms with Crippen LogP contribution in [0.3, 0.4) is 0 Å². The summed E-state index contributed by atoms with van der Waals surface area (Å²) in [6, 6.07) is 0. The van der Waals surface area contributed by atoms with Gasteiger partial charge in [-0.2, -0.15) is 0 Å². The molecule has 0 spiro atoms. The van der Waals surface area contributed by atoms with Crippen LogP contribution in [0.1, 0.15) is 12.2 Å². The summed E-state index contributed by atoms with van der Waals surface area (Å²) in [7, 11) is 0. The molecule has 1 unspecified atom stereocenters. The minimum absolute atomic E-state index is 0.585. The number of imidazole rings is 1. The molecule has 66 valence electrons. The standard InChI is InChI=1S/C8H13N3O/c12-8(1-2-9-6-8)5-7-10-3-4-11-7/h3-4,9,12H,1-2,5-6H2,(H,10,11). The predicted molar refractivity (Wildman–Crippen MR) is 44.7 cm³/mol. The van der Waals surface area contributed by atoms with E-state index < -0.39 is 5.60 Å². The molecule has 1 aliphatic rings. The Balaban J connectivity index is 2.02. The van der Waals surface area contributed by atoms with Gasteiger partial charge in [-0.05, 0) is 13.0 Å². The van der Waals surface area contributed by atoms with Gasteiger partial charge in [0.2, 0.25) is 0 Å². The Morgan fingerprint density at radius 3 is 3.17 bits per heavy atom. The van der Waals surface area contributed by atoms with Gasteiger partial charge in [-0.1, -0.05) is 0 Å². The van der Waals surface area contributed by atoms with Gasteiger partial charge in [-0.3, -0.25) is 0 Å². The van der Waals surface area contributed by atoms with Crippen LogP contribution in [0, 0.1) is 0 Å². The fourth-order valence-corrected chi connectivity index (χ4v) is 1.59. The van der Waals surface area contributed by atoms with Gasteiger partial charge in [0.1, 0.15) is 5.82 Å². The number of rotatable bonds is 2. The van der Waals surface area contributed by atoms with Crippen molar-refractivity contribution in [3.8, 4) is 0 Å². The SMILES string of the molecule is OC1(Cc2ncc[nH]2)CCNC1. The summed E-state index contributed by atoms with van der Waals surface area (Å²) in [6.45, 7) is 1.57. The first kappa shape index (κ1) is 7.76. The second-order valence-electron chi connectivity index (χ2n) is 3.36. The van der Waals surface area contributed by atoms with Crippen molar-refractivity contribution in [1.82, 2.24) is 15.3 Å². The first-order valence-corrected chi connectivity index (χ1v) is 4.20. The maximum absolute atomic E-state index is 9.94. The summed E-state index contributed by atoms with van der Waals surface area (Å²) in [5.41, 5.74) is -0.585. The molecule has 0 saturated carbocycles. The minimum Gasteiger partial charge on any atom is -0.388 e. The van der Waals surface area contributed by atoms with E-state index in [-0.39, 0.29) is 0 Å². The Hall–Kier alpha value is -0.870. The first-order chi connectivity index (χ1) is 5.79. The first-order valence-electron chi connectivity index (χ1n) is 4.20. The molecule has 2 rings (SSSR count). The Morgan fingerprint density at radius 1 is 1.67 bits per heavy atom. The zero-order chi connectivity index (χ0) is 8.44. The van der Waals surface area contributed by atoms with E-state index in [0.29, 0.717) is 13.0 Å². The van der Waals surface area contributed by atoms with E-state index in [1.54, 1.807) is 12.4 Å². The number of nitrogens with one attached hydrogen (secondary N) is 2. The van der Waals surface area contributed by atoms with E-state index >= 15 is 0 Å². The van der Waals surface area contributed by atoms with Crippen molar-refractivity contribution in [1.29, 1.82) is 0 Å². The Bertz CT molecular complexity index is 239. The summed E-state index contributed by atoms with van der Waals surface area (Å²) < 4.78 is 0. The molecule has 1 aromatic heterocycles. The minimum atomic E-state index is -0.585. The highest BCUT2D eigenvalue weighted by Crippen LogP contribution is 2.17. The third-order valence-corrected chi connectivity index (χ3v) is 2.27. The molecule has 0 aliphatic carbocycles. The molecular formula is C8H13N3O. The van der Waals surface area contributed by atoms with Gasteiger partial charge >= 0.3 is 0 Å². The Kier molecular flexibility index (Phi) is 1.86. The highest BCUT2D eigenvalue weighted by Gasteiger charge is 2.31. The fraction of sp³-hybridized carbons (Fsp3) is 0.625. The molecule has 0 aromatic carbocycles. The van der Waals surface area contributed by atoms with E-state index in [2.05, 4.69) is 15.3 Å². The number of hydrogen-bond donors (Lipinski definition) is 3. The maximum atomic E-state index is 9.94. The number of H-pyrrole nitrogens is 1. The van der Waals surface area contributed by atoms with Gasteiger partial charge in [-0.15, -0.1) is 0 Å². The van der Waals surface area contributed by atoms with Crippen molar-refractivity contribution in [2.24, 2.45) is 0 Å². The Morgan fingerprint density at radius 2 is 2.58 bits per heavy atom. The molecule has 0 radical (unpaired) electrons. The van der Waals surface area contributed by atoms with Gasteiger partial charge in [0.05, 0.1) is 5.60 Å². The number of β-amino-alcohol motifs (C(OH)–C–C–N with tert-alkyl or cyclic N) is 1. The van der Waals surface area contributed by atoms with Crippen LogP contribution in [0.2, 0.25) is 0 Å². The van der Waals surface area contributed by atoms with Crippen LogP contribution in [0.4, 0.5) is 0 Å². The van der Waals surface area contributed by atoms with Crippen LogP contribution in [0.25, 0.3) is 0 Å². The van der Waals surface area contributed by atoms with Crippen molar-refractivity contribution in [2.45, 2.75) is 18.4 Å². The van der Waals surface area contributed by atoms with E-state index in [0.717, 1.165) is 18.8 Å². The summed E-state index contributed by atoms with van der Waals surface area (Å²) in [4.78, 5) is 7.07. The predicted octanol–water partition coefficient (Wildman–Crippen LogP) is -0.323. The monoisotopic (exact) mass is 167 g/mol. The summed E-state index contributed by atoms with van der Waals surface area (Å²) in [5, 5.41) is 13.1. The molecule has 0 bridgehead atoms. The molecule has 1 saturated heterocycles. The lowest BCUT2D eigenvalue weighted by Crippen LogP contribution is -2.34. The lowest BCUT2D eigenvalue weighted by atomic mass is 9.99. The smallest absolute Gasteiger partial charge is 0.108 e. The van der Waals surface area contributed by atoms with Crippen molar-refractivity contribution < 1.29 is 5.11 Å². The van der Waals surface area contributed by atoms with Gasteiger partial charge in [0.15, 0.2) is 0 Å². The van der Waals surface area contributed by atoms with Crippen LogP contribution in [0.5, 0.6) is 0 Å². The van der Waals surface area contributed by atoms with Crippen molar-refractivity contribution in [2.75, 3.05) is 13.1 Å². The Labute approximate surface area is 71.0 Å². The number of aliphatic hydroxyl groups is 1. The maximum Gasteiger partial charge on any atom is 0.108 e. The second-order valence-corrected chi connectivity index (χ2v) is 3.36. The third kappa shape index (κ3) is 1.49. The fourth-order valence-electron chi connectivity index (χ4n) is 1.59. The summed E-state index contributed by atoms with van der Waals surface area (Å²) in [6.07, 6.45) is 4.92. The molecular weight excluding hydrogens is 154 g/mol. The average Bonchev–Trinajstić information content (AvgIpc) is 2.62. The molecule has 0 amide bonds. The number of nitrogens with zero attached hydrogens (tertiary/aromatic N) is 1. The number of aromatic amines is 1. The van der Waals surface area contributed by atoms with Crippen LogP contribution in [-0.2, 0) is 6.42 Å². The second kappa shape index (κ2) is 2.88. The molecule has 1 fully saturated rings. The van der Waals surface area contributed by atoms with Crippen LogP contribution >= 0.6 is 0 Å². The zero-order valence-corrected chi connectivity index (χ0v) is 6.88. The molecule has 2 heterocycles. The summed E-state index contributed by atoms with van der Waals surface area (Å²) in [5.74, 6) is 0.862.